The Kier molecular flexibility index (Phi) is 4.33. The molecule has 20 heavy (non-hydrogen) atoms. The van der Waals surface area contributed by atoms with E-state index in [1.165, 1.54) is 19.2 Å². The van der Waals surface area contributed by atoms with Crippen LogP contribution in [0.3, 0.4) is 0 Å². The molecular formula is C12H14ClNO5S. The average Bonchev–Trinajstić information content (AvgIpc) is 2.84. The maximum absolute atomic E-state index is 12.6. The molecule has 1 N–H and O–H groups in total. The molecule has 0 spiro atoms. The number of carboxylic acid groups (broad SMARTS) is 1. The van der Waals surface area contributed by atoms with E-state index in [1.807, 2.05) is 0 Å². The van der Waals surface area contributed by atoms with E-state index in [0.717, 1.165) is 4.31 Å². The Balaban J connectivity index is 2.43. The summed E-state index contributed by atoms with van der Waals surface area (Å²) in [6, 6.07) is 4.82. The Bertz CT molecular complexity index is 618. The van der Waals surface area contributed by atoms with Crippen LogP contribution in [0.4, 0.5) is 0 Å². The van der Waals surface area contributed by atoms with Gasteiger partial charge in [-0.15, -0.1) is 0 Å². The summed E-state index contributed by atoms with van der Waals surface area (Å²) in [5.41, 5.74) is 0. The highest BCUT2D eigenvalue weighted by Gasteiger charge is 2.44. The van der Waals surface area contributed by atoms with Gasteiger partial charge >= 0.3 is 5.97 Å². The molecule has 6 nitrogen and oxygen atoms in total. The number of aliphatic carboxylic acids is 1. The molecule has 0 radical (unpaired) electrons. The van der Waals surface area contributed by atoms with Crippen LogP contribution in [-0.4, -0.2) is 49.6 Å². The molecule has 110 valence electrons. The van der Waals surface area contributed by atoms with Crippen molar-refractivity contribution in [2.24, 2.45) is 0 Å². The van der Waals surface area contributed by atoms with E-state index in [9.17, 15) is 18.3 Å². The van der Waals surface area contributed by atoms with Crippen molar-refractivity contribution in [1.29, 1.82) is 0 Å². The number of methoxy groups -OCH3 is 1. The van der Waals surface area contributed by atoms with Crippen LogP contribution >= 0.6 is 11.6 Å². The SMILES string of the molecule is COC1CC(C(=O)O)N(S(=O)(=O)c2ccccc2Cl)C1. The predicted molar refractivity (Wildman–Crippen MR) is 72.2 cm³/mol. The number of carbonyl (C=O) groups is 1. The number of nitrogens with zero attached hydrogens (tertiary/aromatic N) is 1. The molecule has 0 amide bonds. The number of halogens is 1. The zero-order valence-corrected chi connectivity index (χ0v) is 12.3. The molecule has 0 aromatic heterocycles. The lowest BCUT2D eigenvalue weighted by atomic mass is 10.2. The van der Waals surface area contributed by atoms with Gasteiger partial charge in [-0.2, -0.15) is 4.31 Å². The van der Waals surface area contributed by atoms with Crippen molar-refractivity contribution < 1.29 is 23.1 Å². The maximum Gasteiger partial charge on any atom is 0.322 e. The zero-order valence-electron chi connectivity index (χ0n) is 10.7. The largest absolute Gasteiger partial charge is 0.480 e. The van der Waals surface area contributed by atoms with Gasteiger partial charge in [0.1, 0.15) is 10.9 Å². The third kappa shape index (κ3) is 2.67. The van der Waals surface area contributed by atoms with Gasteiger partial charge in [0, 0.05) is 20.1 Å². The molecule has 1 aliphatic heterocycles. The average molecular weight is 320 g/mol. The van der Waals surface area contributed by atoms with Gasteiger partial charge in [-0.3, -0.25) is 4.79 Å². The summed E-state index contributed by atoms with van der Waals surface area (Å²) in [6.07, 6.45) is -0.316. The second-order valence-electron chi connectivity index (χ2n) is 4.45. The first-order valence-electron chi connectivity index (χ1n) is 5.90. The number of hydrogen-bond acceptors (Lipinski definition) is 4. The highest BCUT2D eigenvalue weighted by molar-refractivity contribution is 7.89. The Labute approximate surface area is 122 Å². The minimum absolute atomic E-state index is 0.00102. The molecule has 1 saturated heterocycles. The van der Waals surface area contributed by atoms with Crippen LogP contribution in [-0.2, 0) is 19.6 Å². The highest BCUT2D eigenvalue weighted by Crippen LogP contribution is 2.31. The van der Waals surface area contributed by atoms with Gasteiger partial charge in [-0.05, 0) is 12.1 Å². The van der Waals surface area contributed by atoms with Crippen LogP contribution in [0, 0.1) is 0 Å². The normalized spacial score (nSPS) is 23.9. The maximum atomic E-state index is 12.6. The molecule has 1 fully saturated rings. The fourth-order valence-electron chi connectivity index (χ4n) is 2.21. The number of carboxylic acids is 1. The number of ether oxygens (including phenoxy) is 1. The first kappa shape index (κ1) is 15.2. The predicted octanol–water partition coefficient (Wildman–Crippen LogP) is 1.20. The zero-order chi connectivity index (χ0) is 14.9. The lowest BCUT2D eigenvalue weighted by Gasteiger charge is -2.21. The van der Waals surface area contributed by atoms with Crippen LogP contribution in [0.5, 0.6) is 0 Å². The third-order valence-electron chi connectivity index (χ3n) is 3.26. The summed E-state index contributed by atoms with van der Waals surface area (Å²) in [5, 5.41) is 9.25. The van der Waals surface area contributed by atoms with Crippen LogP contribution < -0.4 is 0 Å². The molecule has 2 unspecified atom stereocenters. The van der Waals surface area contributed by atoms with Crippen molar-refractivity contribution >= 4 is 27.6 Å². The first-order valence-corrected chi connectivity index (χ1v) is 7.71. The summed E-state index contributed by atoms with van der Waals surface area (Å²) in [7, 11) is -2.54. The Hall–Kier alpha value is -1.15. The van der Waals surface area contributed by atoms with Crippen molar-refractivity contribution in [1.82, 2.24) is 4.31 Å². The van der Waals surface area contributed by atoms with Gasteiger partial charge in [0.25, 0.3) is 0 Å². The molecule has 0 bridgehead atoms. The van der Waals surface area contributed by atoms with Crippen molar-refractivity contribution in [3.63, 3.8) is 0 Å². The van der Waals surface area contributed by atoms with Gasteiger partial charge in [-0.25, -0.2) is 8.42 Å². The minimum atomic E-state index is -3.97. The molecule has 1 aromatic carbocycles. The topological polar surface area (TPSA) is 83.9 Å². The van der Waals surface area contributed by atoms with E-state index in [4.69, 9.17) is 16.3 Å². The first-order chi connectivity index (χ1) is 9.37. The van der Waals surface area contributed by atoms with Crippen molar-refractivity contribution in [3.05, 3.63) is 29.3 Å². The number of benzene rings is 1. The standard InChI is InChI=1S/C12H14ClNO5S/c1-19-8-6-10(12(15)16)14(7-8)20(17,18)11-5-3-2-4-9(11)13/h2-5,8,10H,6-7H2,1H3,(H,15,16). The van der Waals surface area contributed by atoms with E-state index in [2.05, 4.69) is 0 Å². The van der Waals surface area contributed by atoms with Crippen LogP contribution in [0.2, 0.25) is 5.02 Å². The Morgan fingerprint density at radius 2 is 2.10 bits per heavy atom. The third-order valence-corrected chi connectivity index (χ3v) is 5.63. The lowest BCUT2D eigenvalue weighted by Crippen LogP contribution is -2.40. The molecule has 1 aromatic rings. The number of hydrogen-bond donors (Lipinski definition) is 1. The molecule has 0 aliphatic carbocycles. The molecule has 0 saturated carbocycles. The van der Waals surface area contributed by atoms with E-state index in [1.54, 1.807) is 12.1 Å². The fourth-order valence-corrected chi connectivity index (χ4v) is 4.33. The minimum Gasteiger partial charge on any atom is -0.480 e. The smallest absolute Gasteiger partial charge is 0.322 e. The van der Waals surface area contributed by atoms with Crippen LogP contribution in [0.25, 0.3) is 0 Å². The van der Waals surface area contributed by atoms with E-state index >= 15 is 0 Å². The van der Waals surface area contributed by atoms with Crippen LogP contribution in [0.1, 0.15) is 6.42 Å². The summed E-state index contributed by atoms with van der Waals surface area (Å²) in [6.45, 7) is 0.00102. The fraction of sp³-hybridized carbons (Fsp3) is 0.417. The van der Waals surface area contributed by atoms with Crippen LogP contribution in [0.15, 0.2) is 29.2 Å². The molecule has 2 rings (SSSR count). The summed E-state index contributed by atoms with van der Waals surface area (Å²) < 4.78 is 31.1. The van der Waals surface area contributed by atoms with E-state index in [-0.39, 0.29) is 22.9 Å². The monoisotopic (exact) mass is 319 g/mol. The van der Waals surface area contributed by atoms with Crippen molar-refractivity contribution in [2.45, 2.75) is 23.5 Å². The lowest BCUT2D eigenvalue weighted by molar-refractivity contribution is -0.140. The Morgan fingerprint density at radius 1 is 1.45 bits per heavy atom. The molecule has 2 atom stereocenters. The highest BCUT2D eigenvalue weighted by atomic mass is 35.5. The summed E-state index contributed by atoms with van der Waals surface area (Å²) in [4.78, 5) is 11.1. The van der Waals surface area contributed by atoms with Crippen molar-refractivity contribution in [3.8, 4) is 0 Å². The van der Waals surface area contributed by atoms with Gasteiger partial charge in [0.15, 0.2) is 0 Å². The second kappa shape index (κ2) is 5.69. The molecule has 1 aliphatic rings. The summed E-state index contributed by atoms with van der Waals surface area (Å²) in [5.74, 6) is -1.19. The van der Waals surface area contributed by atoms with E-state index in [0.29, 0.717) is 0 Å². The summed E-state index contributed by atoms with van der Waals surface area (Å²) >= 11 is 5.90. The number of sulfonamides is 1. The molecule has 8 heteroatoms. The molecular weight excluding hydrogens is 306 g/mol. The van der Waals surface area contributed by atoms with Gasteiger partial charge in [0.2, 0.25) is 10.0 Å². The molecule has 1 heterocycles. The number of rotatable bonds is 4. The second-order valence-corrected chi connectivity index (χ2v) is 6.72. The van der Waals surface area contributed by atoms with E-state index < -0.39 is 28.1 Å². The Morgan fingerprint density at radius 3 is 2.65 bits per heavy atom. The van der Waals surface area contributed by atoms with Crippen molar-refractivity contribution in [2.75, 3.05) is 13.7 Å². The van der Waals surface area contributed by atoms with Gasteiger partial charge < -0.3 is 9.84 Å². The van der Waals surface area contributed by atoms with Gasteiger partial charge in [-0.1, -0.05) is 23.7 Å². The quantitative estimate of drug-likeness (QED) is 0.901. The van der Waals surface area contributed by atoms with Gasteiger partial charge in [0.05, 0.1) is 11.1 Å².